The third-order valence-electron chi connectivity index (χ3n) is 1.85. The summed E-state index contributed by atoms with van der Waals surface area (Å²) < 4.78 is 17.8. The number of nitrogens with one attached hydrogen (secondary N) is 1. The molecule has 1 rings (SSSR count). The van der Waals surface area contributed by atoms with Gasteiger partial charge in [-0.05, 0) is 30.7 Å². The van der Waals surface area contributed by atoms with E-state index in [1.807, 2.05) is 0 Å². The van der Waals surface area contributed by atoms with Gasteiger partial charge in [0.05, 0.1) is 13.7 Å². The molecule has 0 aliphatic rings. The largest absolute Gasteiger partial charge is 0.494 e. The van der Waals surface area contributed by atoms with E-state index in [1.54, 1.807) is 12.1 Å². The third-order valence-corrected chi connectivity index (χ3v) is 1.85. The van der Waals surface area contributed by atoms with Crippen LogP contribution in [0.5, 0.6) is 5.75 Å². The third kappa shape index (κ3) is 4.75. The van der Waals surface area contributed by atoms with E-state index < -0.39 is 0 Å². The number of benzene rings is 1. The molecule has 0 bridgehead atoms. The average Bonchev–Trinajstić information content (AvgIpc) is 2.27. The van der Waals surface area contributed by atoms with Crippen LogP contribution >= 0.6 is 0 Å². The Morgan fingerprint density at radius 3 is 2.69 bits per heavy atom. The van der Waals surface area contributed by atoms with Crippen molar-refractivity contribution in [2.45, 2.75) is 12.8 Å². The molecule has 5 heteroatoms. The molecule has 0 saturated carbocycles. The number of hydrogen-bond donors (Lipinski definition) is 1. The lowest BCUT2D eigenvalue weighted by Crippen LogP contribution is -2.21. The van der Waals surface area contributed by atoms with Crippen molar-refractivity contribution in [2.75, 3.05) is 13.7 Å². The zero-order chi connectivity index (χ0) is 11.8. The van der Waals surface area contributed by atoms with Crippen LogP contribution in [0.15, 0.2) is 24.3 Å². The summed E-state index contributed by atoms with van der Waals surface area (Å²) in [5.74, 6) is 0.102. The summed E-state index contributed by atoms with van der Waals surface area (Å²) in [4.78, 5) is 15.4. The Bertz CT molecular complexity index is 327. The number of carbonyl (C=O) groups is 1. The van der Waals surface area contributed by atoms with Gasteiger partial charge in [0.2, 0.25) is 5.91 Å². The van der Waals surface area contributed by atoms with Gasteiger partial charge in [-0.3, -0.25) is 9.63 Å². The molecular formula is C11H14FNO3. The standard InChI is InChI=1S/C11H14FNO3/c1-15-13-11(14)3-2-8-16-10-6-4-9(12)5-7-10/h4-7H,2-3,8H2,1H3,(H,13,14). The molecule has 0 aliphatic carbocycles. The highest BCUT2D eigenvalue weighted by atomic mass is 19.1. The summed E-state index contributed by atoms with van der Waals surface area (Å²) in [6.45, 7) is 0.406. The van der Waals surface area contributed by atoms with E-state index in [2.05, 4.69) is 10.3 Å². The molecule has 88 valence electrons. The Balaban J connectivity index is 2.16. The molecule has 1 aromatic rings. The summed E-state index contributed by atoms with van der Waals surface area (Å²) in [6.07, 6.45) is 0.904. The number of amides is 1. The molecule has 16 heavy (non-hydrogen) atoms. The van der Waals surface area contributed by atoms with Crippen molar-refractivity contribution in [2.24, 2.45) is 0 Å². The Morgan fingerprint density at radius 1 is 1.38 bits per heavy atom. The van der Waals surface area contributed by atoms with Crippen molar-refractivity contribution >= 4 is 5.91 Å². The van der Waals surface area contributed by atoms with E-state index in [4.69, 9.17) is 4.74 Å². The molecule has 0 heterocycles. The van der Waals surface area contributed by atoms with Crippen molar-refractivity contribution in [3.8, 4) is 5.75 Å². The summed E-state index contributed by atoms with van der Waals surface area (Å²) in [7, 11) is 1.38. The van der Waals surface area contributed by atoms with Crippen LogP contribution in [0.4, 0.5) is 4.39 Å². The van der Waals surface area contributed by atoms with Crippen LogP contribution in [-0.2, 0) is 9.63 Å². The quantitative estimate of drug-likeness (QED) is 0.594. The fourth-order valence-corrected chi connectivity index (χ4v) is 1.12. The summed E-state index contributed by atoms with van der Waals surface area (Å²) >= 11 is 0. The molecule has 0 atom stereocenters. The van der Waals surface area contributed by atoms with Crippen LogP contribution in [0.1, 0.15) is 12.8 Å². The van der Waals surface area contributed by atoms with Crippen molar-refractivity contribution in [3.63, 3.8) is 0 Å². The van der Waals surface area contributed by atoms with Gasteiger partial charge >= 0.3 is 0 Å². The van der Waals surface area contributed by atoms with E-state index in [-0.39, 0.29) is 11.7 Å². The van der Waals surface area contributed by atoms with Gasteiger partial charge in [0.25, 0.3) is 0 Å². The minimum Gasteiger partial charge on any atom is -0.494 e. The number of carbonyl (C=O) groups excluding carboxylic acids is 1. The van der Waals surface area contributed by atoms with Crippen LogP contribution < -0.4 is 10.2 Å². The summed E-state index contributed by atoms with van der Waals surface area (Å²) in [5, 5.41) is 0. The molecule has 1 N–H and O–H groups in total. The molecule has 0 aliphatic heterocycles. The predicted octanol–water partition coefficient (Wildman–Crippen LogP) is 1.66. The van der Waals surface area contributed by atoms with Gasteiger partial charge in [-0.25, -0.2) is 9.87 Å². The minimum atomic E-state index is -0.299. The first-order valence-electron chi connectivity index (χ1n) is 4.92. The first-order valence-corrected chi connectivity index (χ1v) is 4.92. The van der Waals surface area contributed by atoms with Gasteiger partial charge in [0, 0.05) is 6.42 Å². The average molecular weight is 227 g/mol. The lowest BCUT2D eigenvalue weighted by Gasteiger charge is -2.05. The zero-order valence-electron chi connectivity index (χ0n) is 9.03. The molecule has 0 aromatic heterocycles. The molecule has 0 fully saturated rings. The number of hydroxylamine groups is 1. The normalized spacial score (nSPS) is 9.88. The smallest absolute Gasteiger partial charge is 0.243 e. The summed E-state index contributed by atoms with van der Waals surface area (Å²) in [6, 6.07) is 5.75. The van der Waals surface area contributed by atoms with E-state index in [0.29, 0.717) is 25.2 Å². The van der Waals surface area contributed by atoms with Crippen LogP contribution in [0.3, 0.4) is 0 Å². The predicted molar refractivity (Wildman–Crippen MR) is 56.3 cm³/mol. The van der Waals surface area contributed by atoms with Gasteiger partial charge in [-0.1, -0.05) is 0 Å². The Labute approximate surface area is 93.3 Å². The van der Waals surface area contributed by atoms with Crippen molar-refractivity contribution in [1.82, 2.24) is 5.48 Å². The Morgan fingerprint density at radius 2 is 2.06 bits per heavy atom. The first kappa shape index (κ1) is 12.4. The fraction of sp³-hybridized carbons (Fsp3) is 0.364. The lowest BCUT2D eigenvalue weighted by molar-refractivity contribution is -0.131. The van der Waals surface area contributed by atoms with E-state index in [0.717, 1.165) is 0 Å². The SMILES string of the molecule is CONC(=O)CCCOc1ccc(F)cc1. The molecule has 0 saturated heterocycles. The maximum atomic E-state index is 12.5. The fourth-order valence-electron chi connectivity index (χ4n) is 1.12. The van der Waals surface area contributed by atoms with Gasteiger partial charge < -0.3 is 4.74 Å². The van der Waals surface area contributed by atoms with Gasteiger partial charge in [0.1, 0.15) is 11.6 Å². The molecule has 0 unspecified atom stereocenters. The van der Waals surface area contributed by atoms with E-state index >= 15 is 0 Å². The molecule has 0 spiro atoms. The van der Waals surface area contributed by atoms with E-state index in [9.17, 15) is 9.18 Å². The Kier molecular flexibility index (Phi) is 5.28. The highest BCUT2D eigenvalue weighted by molar-refractivity contribution is 5.74. The zero-order valence-corrected chi connectivity index (χ0v) is 9.03. The van der Waals surface area contributed by atoms with E-state index in [1.165, 1.54) is 19.2 Å². The Hall–Kier alpha value is -1.62. The van der Waals surface area contributed by atoms with Crippen LogP contribution in [0.25, 0.3) is 0 Å². The van der Waals surface area contributed by atoms with Crippen molar-refractivity contribution in [3.05, 3.63) is 30.1 Å². The monoisotopic (exact) mass is 227 g/mol. The van der Waals surface area contributed by atoms with Crippen LogP contribution in [0, 0.1) is 5.82 Å². The molecule has 1 amide bonds. The molecule has 1 aromatic carbocycles. The minimum absolute atomic E-state index is 0.190. The number of ether oxygens (including phenoxy) is 1. The van der Waals surface area contributed by atoms with Gasteiger partial charge in [-0.15, -0.1) is 0 Å². The number of rotatable bonds is 6. The highest BCUT2D eigenvalue weighted by Crippen LogP contribution is 2.11. The molecule has 0 radical (unpaired) electrons. The van der Waals surface area contributed by atoms with Crippen molar-refractivity contribution in [1.29, 1.82) is 0 Å². The maximum Gasteiger partial charge on any atom is 0.243 e. The number of hydrogen-bond acceptors (Lipinski definition) is 3. The number of halogens is 1. The summed E-state index contributed by atoms with van der Waals surface area (Å²) in [5.41, 5.74) is 2.21. The van der Waals surface area contributed by atoms with Gasteiger partial charge in [0.15, 0.2) is 0 Å². The first-order chi connectivity index (χ1) is 7.72. The second-order valence-corrected chi connectivity index (χ2v) is 3.14. The maximum absolute atomic E-state index is 12.5. The van der Waals surface area contributed by atoms with Crippen LogP contribution in [-0.4, -0.2) is 19.6 Å². The van der Waals surface area contributed by atoms with Crippen molar-refractivity contribution < 1.29 is 18.8 Å². The lowest BCUT2D eigenvalue weighted by atomic mass is 10.3. The molecule has 4 nitrogen and oxygen atoms in total. The van der Waals surface area contributed by atoms with Gasteiger partial charge in [-0.2, -0.15) is 0 Å². The highest BCUT2D eigenvalue weighted by Gasteiger charge is 2.00. The second-order valence-electron chi connectivity index (χ2n) is 3.14. The molecular weight excluding hydrogens is 213 g/mol. The second kappa shape index (κ2) is 6.79. The topological polar surface area (TPSA) is 47.6 Å². The van der Waals surface area contributed by atoms with Crippen LogP contribution in [0.2, 0.25) is 0 Å².